The molecule has 1 amide bonds. The molecular weight excluding hydrogens is 501 g/mol. The average Bonchev–Trinajstić information content (AvgIpc) is 3.51. The summed E-state index contributed by atoms with van der Waals surface area (Å²) < 4.78 is 48.2. The van der Waals surface area contributed by atoms with Crippen molar-refractivity contribution >= 4 is 5.91 Å². The third kappa shape index (κ3) is 5.86. The van der Waals surface area contributed by atoms with Gasteiger partial charge >= 0.3 is 6.36 Å². The predicted molar refractivity (Wildman–Crippen MR) is 131 cm³/mol. The summed E-state index contributed by atoms with van der Waals surface area (Å²) in [4.78, 5) is 21.4. The zero-order valence-electron chi connectivity index (χ0n) is 20.8. The van der Waals surface area contributed by atoms with Crippen LogP contribution >= 0.6 is 0 Å². The molecule has 1 aliphatic heterocycles. The summed E-state index contributed by atoms with van der Waals surface area (Å²) in [7, 11) is 2.05. The number of halogens is 3. The van der Waals surface area contributed by atoms with Gasteiger partial charge in [-0.25, -0.2) is 0 Å². The second-order valence-electron chi connectivity index (χ2n) is 9.12. The van der Waals surface area contributed by atoms with Crippen LogP contribution < -0.4 is 4.74 Å². The molecule has 1 saturated heterocycles. The van der Waals surface area contributed by atoms with Gasteiger partial charge < -0.3 is 19.1 Å². The summed E-state index contributed by atoms with van der Waals surface area (Å²) in [5.41, 5.74) is 3.35. The molecule has 38 heavy (non-hydrogen) atoms. The molecule has 5 rings (SSSR count). The first-order valence-electron chi connectivity index (χ1n) is 12.0. The lowest BCUT2D eigenvalue weighted by Crippen LogP contribution is -2.47. The van der Waals surface area contributed by atoms with E-state index in [9.17, 15) is 18.0 Å². The first kappa shape index (κ1) is 25.5. The molecule has 0 bridgehead atoms. The minimum absolute atomic E-state index is 0.0224. The Hall–Kier alpha value is -4.19. The van der Waals surface area contributed by atoms with Gasteiger partial charge in [0.15, 0.2) is 5.69 Å². The molecule has 4 aromatic rings. The zero-order chi connectivity index (χ0) is 26.9. The van der Waals surface area contributed by atoms with Crippen LogP contribution in [0, 0.1) is 6.92 Å². The third-order valence-electron chi connectivity index (χ3n) is 6.27. The fourth-order valence-corrected chi connectivity index (χ4v) is 4.19. The number of aryl methyl sites for hydroxylation is 1. The van der Waals surface area contributed by atoms with E-state index in [4.69, 9.17) is 4.52 Å². The van der Waals surface area contributed by atoms with E-state index < -0.39 is 6.36 Å². The van der Waals surface area contributed by atoms with Crippen LogP contribution in [0.15, 0.2) is 59.1 Å². The maximum atomic E-state index is 13.0. The van der Waals surface area contributed by atoms with Crippen molar-refractivity contribution in [3.05, 3.63) is 71.4 Å². The van der Waals surface area contributed by atoms with Crippen molar-refractivity contribution in [1.29, 1.82) is 0 Å². The highest BCUT2D eigenvalue weighted by atomic mass is 19.4. The average molecular weight is 527 g/mol. The monoisotopic (exact) mass is 526 g/mol. The standard InChI is InChI=1S/C26H25F3N6O3/c1-17-14-22(24-30-23(32-38-24)19-6-8-21(9-7-19)37-26(27,28)29)31-35(17)16-18-4-3-5-20(15-18)25(36)34-12-10-33(2)11-13-34/h3-9,14-15H,10-13,16H2,1-2H3. The lowest BCUT2D eigenvalue weighted by atomic mass is 10.1. The quantitative estimate of drug-likeness (QED) is 0.371. The fourth-order valence-electron chi connectivity index (χ4n) is 4.19. The van der Waals surface area contributed by atoms with Crippen molar-refractivity contribution in [3.63, 3.8) is 0 Å². The molecule has 1 aliphatic rings. The van der Waals surface area contributed by atoms with Gasteiger partial charge in [-0.1, -0.05) is 17.3 Å². The Morgan fingerprint density at radius 3 is 2.50 bits per heavy atom. The Bertz CT molecular complexity index is 1420. The van der Waals surface area contributed by atoms with Crippen molar-refractivity contribution in [3.8, 4) is 28.7 Å². The van der Waals surface area contributed by atoms with Gasteiger partial charge in [-0.05, 0) is 62.0 Å². The van der Waals surface area contributed by atoms with E-state index >= 15 is 0 Å². The Kier molecular flexibility index (Phi) is 6.89. The van der Waals surface area contributed by atoms with E-state index in [1.165, 1.54) is 24.3 Å². The Morgan fingerprint density at radius 2 is 1.79 bits per heavy atom. The van der Waals surface area contributed by atoms with Crippen LogP contribution in [0.4, 0.5) is 13.2 Å². The summed E-state index contributed by atoms with van der Waals surface area (Å²) in [6, 6.07) is 14.5. The van der Waals surface area contributed by atoms with E-state index in [1.54, 1.807) is 10.7 Å². The SMILES string of the molecule is Cc1cc(-c2nc(-c3ccc(OC(F)(F)F)cc3)no2)nn1Cc1cccc(C(=O)N2CCN(C)CC2)c1. The highest BCUT2D eigenvalue weighted by molar-refractivity contribution is 5.94. The van der Waals surface area contributed by atoms with Crippen LogP contribution in [0.5, 0.6) is 5.75 Å². The summed E-state index contributed by atoms with van der Waals surface area (Å²) in [5.74, 6) is 0.0696. The molecule has 2 aromatic heterocycles. The molecule has 1 fully saturated rings. The number of hydrogen-bond acceptors (Lipinski definition) is 7. The van der Waals surface area contributed by atoms with Crippen molar-refractivity contribution < 1.29 is 27.2 Å². The van der Waals surface area contributed by atoms with E-state index in [1.807, 2.05) is 43.1 Å². The van der Waals surface area contributed by atoms with Gasteiger partial charge in [0.25, 0.3) is 11.8 Å². The number of piperazine rings is 1. The van der Waals surface area contributed by atoms with E-state index in [0.717, 1.165) is 24.3 Å². The topological polar surface area (TPSA) is 89.5 Å². The van der Waals surface area contributed by atoms with Crippen molar-refractivity contribution in [1.82, 2.24) is 29.7 Å². The molecule has 12 heteroatoms. The normalized spacial score (nSPS) is 14.6. The summed E-state index contributed by atoms with van der Waals surface area (Å²) in [6.07, 6.45) is -4.76. The Balaban J connectivity index is 1.28. The number of aromatic nitrogens is 4. The van der Waals surface area contributed by atoms with Crippen LogP contribution in [0.25, 0.3) is 23.0 Å². The molecule has 0 spiro atoms. The molecular formula is C26H25F3N6O3. The maximum Gasteiger partial charge on any atom is 0.573 e. The number of carbonyl (C=O) groups excluding carboxylic acids is 1. The van der Waals surface area contributed by atoms with Crippen LogP contribution in [0.1, 0.15) is 21.6 Å². The predicted octanol–water partition coefficient (Wildman–Crippen LogP) is 4.24. The minimum Gasteiger partial charge on any atom is -0.406 e. The molecule has 0 radical (unpaired) electrons. The molecule has 0 aliphatic carbocycles. The van der Waals surface area contributed by atoms with Gasteiger partial charge in [-0.3, -0.25) is 9.48 Å². The number of benzene rings is 2. The Morgan fingerprint density at radius 1 is 1.05 bits per heavy atom. The summed E-state index contributed by atoms with van der Waals surface area (Å²) in [5, 5.41) is 8.51. The summed E-state index contributed by atoms with van der Waals surface area (Å²) in [6.45, 7) is 5.47. The van der Waals surface area contributed by atoms with E-state index in [2.05, 4.69) is 24.9 Å². The first-order valence-corrected chi connectivity index (χ1v) is 12.0. The van der Waals surface area contributed by atoms with Crippen LogP contribution in [0.2, 0.25) is 0 Å². The second kappa shape index (κ2) is 10.3. The van der Waals surface area contributed by atoms with Crippen molar-refractivity contribution in [2.24, 2.45) is 0 Å². The van der Waals surface area contributed by atoms with Gasteiger partial charge in [0.2, 0.25) is 5.82 Å². The van der Waals surface area contributed by atoms with Gasteiger partial charge in [-0.2, -0.15) is 10.1 Å². The molecule has 2 aromatic carbocycles. The van der Waals surface area contributed by atoms with Crippen LogP contribution in [0.3, 0.4) is 0 Å². The number of amides is 1. The van der Waals surface area contributed by atoms with Gasteiger partial charge in [0.1, 0.15) is 5.75 Å². The number of nitrogens with zero attached hydrogens (tertiary/aromatic N) is 6. The molecule has 9 nitrogen and oxygen atoms in total. The van der Waals surface area contributed by atoms with Crippen molar-refractivity contribution in [2.75, 3.05) is 33.2 Å². The molecule has 0 N–H and O–H groups in total. The molecule has 3 heterocycles. The fraction of sp³-hybridized carbons (Fsp3) is 0.308. The summed E-state index contributed by atoms with van der Waals surface area (Å²) >= 11 is 0. The number of alkyl halides is 3. The number of likely N-dealkylation sites (N-methyl/N-ethyl adjacent to an activating group) is 1. The minimum atomic E-state index is -4.76. The number of ether oxygens (including phenoxy) is 1. The second-order valence-corrected chi connectivity index (χ2v) is 9.12. The van der Waals surface area contributed by atoms with Crippen LogP contribution in [-0.4, -0.2) is 75.2 Å². The lowest BCUT2D eigenvalue weighted by molar-refractivity contribution is -0.274. The third-order valence-corrected chi connectivity index (χ3v) is 6.27. The van der Waals surface area contributed by atoms with Gasteiger partial charge in [0, 0.05) is 43.0 Å². The smallest absolute Gasteiger partial charge is 0.406 e. The van der Waals surface area contributed by atoms with Gasteiger partial charge in [-0.15, -0.1) is 13.2 Å². The lowest BCUT2D eigenvalue weighted by Gasteiger charge is -2.32. The van der Waals surface area contributed by atoms with Crippen LogP contribution in [-0.2, 0) is 6.54 Å². The molecule has 0 atom stereocenters. The Labute approximate surface area is 216 Å². The van der Waals surface area contributed by atoms with E-state index in [0.29, 0.717) is 36.5 Å². The van der Waals surface area contributed by atoms with E-state index in [-0.39, 0.29) is 23.4 Å². The number of hydrogen-bond donors (Lipinski definition) is 0. The zero-order valence-corrected chi connectivity index (χ0v) is 20.8. The maximum absolute atomic E-state index is 13.0. The number of carbonyl (C=O) groups is 1. The molecule has 0 unspecified atom stereocenters. The largest absolute Gasteiger partial charge is 0.573 e. The number of rotatable bonds is 6. The molecule has 0 saturated carbocycles. The first-order chi connectivity index (χ1) is 18.1. The van der Waals surface area contributed by atoms with Crippen molar-refractivity contribution in [2.45, 2.75) is 19.8 Å². The highest BCUT2D eigenvalue weighted by Crippen LogP contribution is 2.27. The van der Waals surface area contributed by atoms with Gasteiger partial charge in [0.05, 0.1) is 6.54 Å². The highest BCUT2D eigenvalue weighted by Gasteiger charge is 2.31. The molecule has 198 valence electrons.